The molecule has 9 heteroatoms. The molecule has 0 aromatic heterocycles. The monoisotopic (exact) mass is 408 g/mol. The number of ether oxygens (including phenoxy) is 3. The van der Waals surface area contributed by atoms with Crippen LogP contribution in [-0.4, -0.2) is 31.8 Å². The van der Waals surface area contributed by atoms with Gasteiger partial charge in [0.15, 0.2) is 11.5 Å². The van der Waals surface area contributed by atoms with Crippen molar-refractivity contribution in [2.75, 3.05) is 12.4 Å². The zero-order valence-corrected chi connectivity index (χ0v) is 16.2. The van der Waals surface area contributed by atoms with Crippen LogP contribution >= 0.6 is 0 Å². The maximum atomic E-state index is 12.5. The van der Waals surface area contributed by atoms with Gasteiger partial charge in [-0.2, -0.15) is 8.78 Å². The van der Waals surface area contributed by atoms with Gasteiger partial charge in [-0.3, -0.25) is 0 Å². The maximum Gasteiger partial charge on any atom is 0.387 e. The molecule has 0 bridgehead atoms. The second-order valence-electron chi connectivity index (χ2n) is 6.24. The molecule has 0 aliphatic carbocycles. The molecule has 0 radical (unpaired) electrons. The van der Waals surface area contributed by atoms with E-state index in [2.05, 4.69) is 15.4 Å². The minimum atomic E-state index is -2.98. The summed E-state index contributed by atoms with van der Waals surface area (Å²) in [6, 6.07) is 10.1. The molecule has 0 aliphatic rings. The van der Waals surface area contributed by atoms with Crippen LogP contribution in [0.25, 0.3) is 0 Å². The standard InChI is InChI=1S/C20H22F2N2O5/c1-12(2)23-20(26)24-15-7-5-4-6-14(15)18(25)28-11-13-8-9-16(29-19(21)22)17(10-13)27-3/h4-10,12,19H,11H2,1-3H3,(H2,23,24,26). The number of esters is 1. The van der Waals surface area contributed by atoms with Crippen molar-refractivity contribution in [2.45, 2.75) is 33.1 Å². The average Bonchev–Trinajstić information content (AvgIpc) is 2.66. The largest absolute Gasteiger partial charge is 0.493 e. The second-order valence-corrected chi connectivity index (χ2v) is 6.24. The molecule has 0 fully saturated rings. The molecule has 29 heavy (non-hydrogen) atoms. The van der Waals surface area contributed by atoms with Gasteiger partial charge in [0.05, 0.1) is 18.4 Å². The van der Waals surface area contributed by atoms with Crippen LogP contribution in [0.3, 0.4) is 0 Å². The number of alkyl halides is 2. The van der Waals surface area contributed by atoms with E-state index in [1.807, 2.05) is 13.8 Å². The predicted octanol–water partition coefficient (Wildman–Crippen LogP) is 4.18. The van der Waals surface area contributed by atoms with Crippen LogP contribution in [-0.2, 0) is 11.3 Å². The third kappa shape index (κ3) is 6.63. The van der Waals surface area contributed by atoms with Crippen molar-refractivity contribution in [2.24, 2.45) is 0 Å². The number of para-hydroxylation sites is 1. The summed E-state index contributed by atoms with van der Waals surface area (Å²) in [7, 11) is 1.31. The first kappa shape index (κ1) is 21.9. The van der Waals surface area contributed by atoms with Crippen molar-refractivity contribution in [3.63, 3.8) is 0 Å². The summed E-state index contributed by atoms with van der Waals surface area (Å²) in [5.41, 5.74) is 0.991. The number of benzene rings is 2. The Bertz CT molecular complexity index is 859. The van der Waals surface area contributed by atoms with Crippen LogP contribution in [0, 0.1) is 0 Å². The molecule has 0 unspecified atom stereocenters. The van der Waals surface area contributed by atoms with Crippen LogP contribution in [0.15, 0.2) is 42.5 Å². The molecule has 7 nitrogen and oxygen atoms in total. The number of methoxy groups -OCH3 is 1. The van der Waals surface area contributed by atoms with E-state index in [1.165, 1.54) is 31.4 Å². The summed E-state index contributed by atoms with van der Waals surface area (Å²) in [4.78, 5) is 24.4. The lowest BCUT2D eigenvalue weighted by molar-refractivity contribution is -0.0512. The first-order valence-corrected chi connectivity index (χ1v) is 8.75. The number of nitrogens with one attached hydrogen (secondary N) is 2. The van der Waals surface area contributed by atoms with Gasteiger partial charge in [-0.25, -0.2) is 9.59 Å². The van der Waals surface area contributed by atoms with Crippen LogP contribution in [0.2, 0.25) is 0 Å². The predicted molar refractivity (Wildman–Crippen MR) is 102 cm³/mol. The maximum absolute atomic E-state index is 12.5. The highest BCUT2D eigenvalue weighted by Gasteiger charge is 2.16. The van der Waals surface area contributed by atoms with Crippen molar-refractivity contribution >= 4 is 17.7 Å². The van der Waals surface area contributed by atoms with Gasteiger partial charge in [-0.1, -0.05) is 18.2 Å². The molecule has 2 amide bonds. The van der Waals surface area contributed by atoms with E-state index in [4.69, 9.17) is 9.47 Å². The van der Waals surface area contributed by atoms with Gasteiger partial charge in [0.2, 0.25) is 0 Å². The molecule has 2 aromatic carbocycles. The highest BCUT2D eigenvalue weighted by molar-refractivity contribution is 6.00. The molecule has 0 spiro atoms. The third-order valence-electron chi connectivity index (χ3n) is 3.63. The molecule has 156 valence electrons. The highest BCUT2D eigenvalue weighted by Crippen LogP contribution is 2.30. The summed E-state index contributed by atoms with van der Waals surface area (Å²) in [6.45, 7) is 0.512. The number of urea groups is 1. The molecule has 2 aromatic rings. The van der Waals surface area contributed by atoms with E-state index in [-0.39, 0.29) is 29.7 Å². The van der Waals surface area contributed by atoms with Crippen molar-refractivity contribution in [3.05, 3.63) is 53.6 Å². The van der Waals surface area contributed by atoms with E-state index < -0.39 is 18.6 Å². The Kier molecular flexibility index (Phi) is 7.76. The number of carbonyl (C=O) groups excluding carboxylic acids is 2. The summed E-state index contributed by atoms with van der Waals surface area (Å²) in [5.74, 6) is -0.688. The Hall–Kier alpha value is -3.36. The zero-order valence-electron chi connectivity index (χ0n) is 16.2. The first-order chi connectivity index (χ1) is 13.8. The van der Waals surface area contributed by atoms with E-state index in [1.54, 1.807) is 18.2 Å². The van der Waals surface area contributed by atoms with Crippen molar-refractivity contribution in [1.29, 1.82) is 0 Å². The fourth-order valence-electron chi connectivity index (χ4n) is 2.41. The summed E-state index contributed by atoms with van der Waals surface area (Å²) in [6.07, 6.45) is 0. The minimum absolute atomic E-state index is 0.0684. The Morgan fingerprint density at radius 1 is 1.07 bits per heavy atom. The number of anilines is 1. The third-order valence-corrected chi connectivity index (χ3v) is 3.63. The zero-order chi connectivity index (χ0) is 21.4. The SMILES string of the molecule is COc1cc(COC(=O)c2ccccc2NC(=O)NC(C)C)ccc1OC(F)F. The van der Waals surface area contributed by atoms with Gasteiger partial charge in [0.25, 0.3) is 0 Å². The normalized spacial score (nSPS) is 10.6. The van der Waals surface area contributed by atoms with Crippen LogP contribution in [0.1, 0.15) is 29.8 Å². The van der Waals surface area contributed by atoms with Gasteiger partial charge in [-0.15, -0.1) is 0 Å². The molecular weight excluding hydrogens is 386 g/mol. The van der Waals surface area contributed by atoms with Crippen LogP contribution in [0.5, 0.6) is 11.5 Å². The van der Waals surface area contributed by atoms with Crippen molar-refractivity contribution in [3.8, 4) is 11.5 Å². The molecule has 0 saturated carbocycles. The minimum Gasteiger partial charge on any atom is -0.493 e. The Labute approximate surface area is 167 Å². The average molecular weight is 408 g/mol. The fourth-order valence-corrected chi connectivity index (χ4v) is 2.41. The summed E-state index contributed by atoms with van der Waals surface area (Å²) in [5, 5.41) is 5.27. The van der Waals surface area contributed by atoms with Gasteiger partial charge < -0.3 is 24.8 Å². The van der Waals surface area contributed by atoms with Crippen molar-refractivity contribution in [1.82, 2.24) is 5.32 Å². The number of rotatable bonds is 8. The molecule has 2 N–H and O–H groups in total. The quantitative estimate of drug-likeness (QED) is 0.640. The molecular formula is C20H22F2N2O5. The Morgan fingerprint density at radius 2 is 1.79 bits per heavy atom. The summed E-state index contributed by atoms with van der Waals surface area (Å²) >= 11 is 0. The second kappa shape index (κ2) is 10.3. The Balaban J connectivity index is 2.07. The van der Waals surface area contributed by atoms with E-state index in [0.717, 1.165) is 0 Å². The van der Waals surface area contributed by atoms with E-state index in [0.29, 0.717) is 11.3 Å². The molecule has 0 aliphatic heterocycles. The number of hydrogen-bond acceptors (Lipinski definition) is 5. The lowest BCUT2D eigenvalue weighted by Crippen LogP contribution is -2.34. The fraction of sp³-hybridized carbons (Fsp3) is 0.300. The summed E-state index contributed by atoms with van der Waals surface area (Å²) < 4.78 is 39.4. The molecule has 0 atom stereocenters. The van der Waals surface area contributed by atoms with E-state index in [9.17, 15) is 18.4 Å². The number of carbonyl (C=O) groups is 2. The van der Waals surface area contributed by atoms with Crippen LogP contribution in [0.4, 0.5) is 19.3 Å². The number of halogens is 2. The molecule has 0 saturated heterocycles. The lowest BCUT2D eigenvalue weighted by atomic mass is 10.1. The molecule has 0 heterocycles. The Morgan fingerprint density at radius 3 is 2.45 bits per heavy atom. The molecule has 2 rings (SSSR count). The van der Waals surface area contributed by atoms with Crippen LogP contribution < -0.4 is 20.1 Å². The highest BCUT2D eigenvalue weighted by atomic mass is 19.3. The topological polar surface area (TPSA) is 85.9 Å². The lowest BCUT2D eigenvalue weighted by Gasteiger charge is -2.14. The van der Waals surface area contributed by atoms with Gasteiger partial charge in [-0.05, 0) is 43.7 Å². The smallest absolute Gasteiger partial charge is 0.387 e. The first-order valence-electron chi connectivity index (χ1n) is 8.75. The van der Waals surface area contributed by atoms with Crippen molar-refractivity contribution < 1.29 is 32.6 Å². The number of hydrogen-bond donors (Lipinski definition) is 2. The van der Waals surface area contributed by atoms with Gasteiger partial charge in [0, 0.05) is 6.04 Å². The number of amides is 2. The van der Waals surface area contributed by atoms with Gasteiger partial charge in [0.1, 0.15) is 6.61 Å². The van der Waals surface area contributed by atoms with Gasteiger partial charge >= 0.3 is 18.6 Å². The van der Waals surface area contributed by atoms with E-state index >= 15 is 0 Å².